The van der Waals surface area contributed by atoms with Crippen molar-refractivity contribution in [1.82, 2.24) is 0 Å². The summed E-state index contributed by atoms with van der Waals surface area (Å²) in [7, 11) is 0. The Bertz CT molecular complexity index is 640. The molecule has 114 valence electrons. The molecule has 22 heavy (non-hydrogen) atoms. The number of nitro groups is 1. The molecule has 0 amide bonds. The number of para-hydroxylation sites is 1. The van der Waals surface area contributed by atoms with E-state index in [1.54, 1.807) is 12.1 Å². The number of aromatic amines is 1. The number of benzene rings is 1. The average molecular weight is 300 g/mol. The van der Waals surface area contributed by atoms with Crippen LogP contribution in [0.4, 0.5) is 11.5 Å². The van der Waals surface area contributed by atoms with E-state index in [-0.39, 0.29) is 10.6 Å². The standard InChI is InChI=1S/C16H18N4O2/c21-20(22)15-6-2-1-5-14(15)13-18-9-11-19(12-10-18)16-7-3-4-8-17-16/h1-8H,9-13H2/p+2. The first-order valence-corrected chi connectivity index (χ1v) is 7.51. The molecule has 0 atom stereocenters. The molecule has 2 heterocycles. The van der Waals surface area contributed by atoms with Gasteiger partial charge < -0.3 is 4.90 Å². The van der Waals surface area contributed by atoms with Crippen molar-refractivity contribution in [3.8, 4) is 0 Å². The molecule has 0 unspecified atom stereocenters. The average Bonchev–Trinajstić information content (AvgIpc) is 2.57. The molecule has 1 aromatic heterocycles. The van der Waals surface area contributed by atoms with Crippen LogP contribution in [0.5, 0.6) is 0 Å². The van der Waals surface area contributed by atoms with E-state index in [2.05, 4.69) is 16.0 Å². The third kappa shape index (κ3) is 3.23. The van der Waals surface area contributed by atoms with Gasteiger partial charge in [0.2, 0.25) is 0 Å². The lowest BCUT2D eigenvalue weighted by molar-refractivity contribution is -0.914. The number of hydrogen-bond donors (Lipinski definition) is 1. The lowest BCUT2D eigenvalue weighted by Gasteiger charge is -2.28. The number of nitro benzene ring substituents is 1. The molecule has 0 spiro atoms. The number of quaternary nitrogens is 1. The Labute approximate surface area is 129 Å². The van der Waals surface area contributed by atoms with Crippen molar-refractivity contribution in [1.29, 1.82) is 0 Å². The van der Waals surface area contributed by atoms with Crippen LogP contribution in [-0.2, 0) is 6.54 Å². The molecule has 1 saturated heterocycles. The van der Waals surface area contributed by atoms with Gasteiger partial charge in [0.15, 0.2) is 0 Å². The van der Waals surface area contributed by atoms with Gasteiger partial charge in [-0.15, -0.1) is 0 Å². The van der Waals surface area contributed by atoms with Crippen molar-refractivity contribution in [2.45, 2.75) is 6.54 Å². The highest BCUT2D eigenvalue weighted by atomic mass is 16.6. The summed E-state index contributed by atoms with van der Waals surface area (Å²) in [6, 6.07) is 13.1. The topological polar surface area (TPSA) is 65.0 Å². The van der Waals surface area contributed by atoms with Crippen LogP contribution in [-0.4, -0.2) is 31.1 Å². The molecule has 6 heteroatoms. The second-order valence-corrected chi connectivity index (χ2v) is 5.55. The van der Waals surface area contributed by atoms with Gasteiger partial charge in [-0.05, 0) is 12.1 Å². The molecule has 2 N–H and O–H groups in total. The molecular weight excluding hydrogens is 280 g/mol. The number of rotatable bonds is 4. The van der Waals surface area contributed by atoms with Crippen LogP contribution in [0, 0.1) is 10.1 Å². The maximum atomic E-state index is 11.1. The summed E-state index contributed by atoms with van der Waals surface area (Å²) in [6.07, 6.45) is 1.93. The first-order chi connectivity index (χ1) is 10.7. The van der Waals surface area contributed by atoms with Crippen molar-refractivity contribution in [2.75, 3.05) is 31.1 Å². The molecule has 2 aromatic rings. The Morgan fingerprint density at radius 2 is 1.86 bits per heavy atom. The van der Waals surface area contributed by atoms with Crippen LogP contribution < -0.4 is 14.8 Å². The normalized spacial score (nSPS) is 15.7. The van der Waals surface area contributed by atoms with Gasteiger partial charge >= 0.3 is 0 Å². The number of nitrogens with zero attached hydrogens (tertiary/aromatic N) is 2. The molecule has 1 aromatic carbocycles. The Morgan fingerprint density at radius 3 is 2.55 bits per heavy atom. The van der Waals surface area contributed by atoms with Gasteiger partial charge in [0, 0.05) is 12.1 Å². The van der Waals surface area contributed by atoms with Crippen molar-refractivity contribution in [2.24, 2.45) is 0 Å². The maximum Gasteiger partial charge on any atom is 0.278 e. The fourth-order valence-electron chi connectivity index (χ4n) is 2.93. The molecule has 1 fully saturated rings. The molecule has 3 rings (SSSR count). The number of piperazine rings is 1. The van der Waals surface area contributed by atoms with E-state index in [9.17, 15) is 10.1 Å². The summed E-state index contributed by atoms with van der Waals surface area (Å²) in [5.74, 6) is 1.13. The number of nitrogens with one attached hydrogen (secondary N) is 2. The maximum absolute atomic E-state index is 11.1. The molecule has 0 bridgehead atoms. The van der Waals surface area contributed by atoms with Crippen molar-refractivity contribution < 1.29 is 14.8 Å². The molecule has 0 radical (unpaired) electrons. The Hall–Kier alpha value is -2.47. The monoisotopic (exact) mass is 300 g/mol. The highest BCUT2D eigenvalue weighted by Gasteiger charge is 2.27. The molecular formula is C16H20N4O2+2. The van der Waals surface area contributed by atoms with Gasteiger partial charge in [0.25, 0.3) is 11.5 Å². The Balaban J connectivity index is 1.62. The first kappa shape index (κ1) is 14.5. The second kappa shape index (κ2) is 6.53. The number of hydrogen-bond acceptors (Lipinski definition) is 3. The summed E-state index contributed by atoms with van der Waals surface area (Å²) < 4.78 is 0. The SMILES string of the molecule is O=[N+]([O-])c1ccccc1C[NH+]1CCN(c2cccc[nH+]2)CC1. The third-order valence-electron chi connectivity index (χ3n) is 4.13. The van der Waals surface area contributed by atoms with E-state index in [1.807, 2.05) is 30.5 Å². The van der Waals surface area contributed by atoms with E-state index in [1.165, 1.54) is 4.90 Å². The Kier molecular flexibility index (Phi) is 4.29. The molecule has 0 aliphatic carbocycles. The third-order valence-corrected chi connectivity index (χ3v) is 4.13. The summed E-state index contributed by atoms with van der Waals surface area (Å²) in [5, 5.41) is 11.1. The summed E-state index contributed by atoms with van der Waals surface area (Å²) >= 11 is 0. The summed E-state index contributed by atoms with van der Waals surface area (Å²) in [6.45, 7) is 4.58. The molecule has 1 aliphatic heterocycles. The lowest BCUT2D eigenvalue weighted by Crippen LogP contribution is -3.13. The van der Waals surface area contributed by atoms with Crippen molar-refractivity contribution in [3.63, 3.8) is 0 Å². The highest BCUT2D eigenvalue weighted by Crippen LogP contribution is 2.16. The van der Waals surface area contributed by atoms with Crippen molar-refractivity contribution >= 4 is 11.5 Å². The predicted octanol–water partition coefficient (Wildman–Crippen LogP) is 0.314. The predicted molar refractivity (Wildman–Crippen MR) is 82.7 cm³/mol. The lowest BCUT2D eigenvalue weighted by atomic mass is 10.1. The van der Waals surface area contributed by atoms with Gasteiger partial charge in [-0.1, -0.05) is 18.2 Å². The number of aromatic nitrogens is 1. The number of pyridine rings is 1. The van der Waals surface area contributed by atoms with E-state index >= 15 is 0 Å². The van der Waals surface area contributed by atoms with E-state index in [4.69, 9.17) is 0 Å². The minimum absolute atomic E-state index is 0.230. The van der Waals surface area contributed by atoms with E-state index in [0.717, 1.165) is 37.6 Å². The van der Waals surface area contributed by atoms with Gasteiger partial charge in [0.1, 0.15) is 32.7 Å². The van der Waals surface area contributed by atoms with Crippen LogP contribution >= 0.6 is 0 Å². The van der Waals surface area contributed by atoms with Crippen molar-refractivity contribution in [3.05, 3.63) is 64.3 Å². The zero-order valence-corrected chi connectivity index (χ0v) is 12.4. The smallest absolute Gasteiger partial charge is 0.278 e. The van der Waals surface area contributed by atoms with Crippen LogP contribution in [0.2, 0.25) is 0 Å². The summed E-state index contributed by atoms with van der Waals surface area (Å²) in [4.78, 5) is 17.8. The van der Waals surface area contributed by atoms with Crippen LogP contribution in [0.25, 0.3) is 0 Å². The van der Waals surface area contributed by atoms with Gasteiger partial charge in [-0.25, -0.2) is 4.98 Å². The van der Waals surface area contributed by atoms with Gasteiger partial charge in [-0.2, -0.15) is 0 Å². The first-order valence-electron chi connectivity index (χ1n) is 7.51. The van der Waals surface area contributed by atoms with Gasteiger partial charge in [0.05, 0.1) is 16.7 Å². The van der Waals surface area contributed by atoms with Crippen LogP contribution in [0.15, 0.2) is 48.7 Å². The van der Waals surface area contributed by atoms with Gasteiger partial charge in [-0.3, -0.25) is 15.0 Å². The highest BCUT2D eigenvalue weighted by molar-refractivity contribution is 5.39. The number of H-pyrrole nitrogens is 1. The number of anilines is 1. The second-order valence-electron chi connectivity index (χ2n) is 5.55. The van der Waals surface area contributed by atoms with E-state index < -0.39 is 0 Å². The van der Waals surface area contributed by atoms with Crippen LogP contribution in [0.1, 0.15) is 5.56 Å². The largest absolute Gasteiger partial charge is 0.324 e. The minimum atomic E-state index is -0.288. The quantitative estimate of drug-likeness (QED) is 0.653. The molecule has 6 nitrogen and oxygen atoms in total. The zero-order chi connectivity index (χ0) is 15.4. The minimum Gasteiger partial charge on any atom is -0.324 e. The fraction of sp³-hybridized carbons (Fsp3) is 0.312. The van der Waals surface area contributed by atoms with Crippen LogP contribution in [0.3, 0.4) is 0 Å². The Morgan fingerprint density at radius 1 is 1.14 bits per heavy atom. The fourth-order valence-corrected chi connectivity index (χ4v) is 2.93. The van der Waals surface area contributed by atoms with E-state index in [0.29, 0.717) is 6.54 Å². The molecule has 1 aliphatic rings. The summed E-state index contributed by atoms with van der Waals surface area (Å²) in [5.41, 5.74) is 1.05. The molecule has 0 saturated carbocycles. The zero-order valence-electron chi connectivity index (χ0n) is 12.4.